The second kappa shape index (κ2) is 6.06. The molecule has 21 heavy (non-hydrogen) atoms. The van der Waals surface area contributed by atoms with Crippen LogP contribution in [0.15, 0.2) is 48.5 Å². The van der Waals surface area contributed by atoms with Gasteiger partial charge in [0, 0.05) is 16.8 Å². The minimum atomic E-state index is -1.04. The van der Waals surface area contributed by atoms with Gasteiger partial charge in [-0.05, 0) is 36.8 Å². The zero-order chi connectivity index (χ0) is 15.5. The summed E-state index contributed by atoms with van der Waals surface area (Å²) in [5.41, 5.74) is 6.03. The van der Waals surface area contributed by atoms with Gasteiger partial charge in [0.05, 0.1) is 7.11 Å². The number of ether oxygens (including phenoxy) is 1. The molecule has 0 bridgehead atoms. The first-order valence-electron chi connectivity index (χ1n) is 6.44. The van der Waals surface area contributed by atoms with Gasteiger partial charge in [-0.2, -0.15) is 0 Å². The van der Waals surface area contributed by atoms with Crippen molar-refractivity contribution in [1.29, 1.82) is 0 Å². The highest BCUT2D eigenvalue weighted by Gasteiger charge is 2.33. The Morgan fingerprint density at radius 3 is 2.48 bits per heavy atom. The van der Waals surface area contributed by atoms with Gasteiger partial charge in [-0.25, -0.2) is 0 Å². The van der Waals surface area contributed by atoms with Gasteiger partial charge in [-0.3, -0.25) is 4.79 Å². The first kappa shape index (κ1) is 15.2. The van der Waals surface area contributed by atoms with Gasteiger partial charge in [0.1, 0.15) is 11.3 Å². The van der Waals surface area contributed by atoms with Crippen molar-refractivity contribution in [3.05, 3.63) is 59.1 Å². The minimum absolute atomic E-state index is 0.479. The van der Waals surface area contributed by atoms with Gasteiger partial charge in [0.25, 0.3) is 0 Å². The molecule has 0 radical (unpaired) electrons. The van der Waals surface area contributed by atoms with Crippen molar-refractivity contribution in [1.82, 2.24) is 0 Å². The highest BCUT2D eigenvalue weighted by Crippen LogP contribution is 2.28. The summed E-state index contributed by atoms with van der Waals surface area (Å²) in [6, 6.07) is 14.3. The van der Waals surface area contributed by atoms with Crippen LogP contribution in [0.2, 0.25) is 5.02 Å². The van der Waals surface area contributed by atoms with E-state index in [0.717, 1.165) is 11.3 Å². The lowest BCUT2D eigenvalue weighted by atomic mass is 9.91. The van der Waals surface area contributed by atoms with Crippen LogP contribution in [0.3, 0.4) is 0 Å². The summed E-state index contributed by atoms with van der Waals surface area (Å²) in [6.07, 6.45) is 0. The Balaban J connectivity index is 2.38. The number of methoxy groups -OCH3 is 1. The first-order valence-corrected chi connectivity index (χ1v) is 6.81. The third kappa shape index (κ3) is 3.28. The molecule has 1 unspecified atom stereocenters. The molecule has 0 aliphatic carbocycles. The molecule has 1 amide bonds. The normalized spacial score (nSPS) is 13.3. The molecular formula is C16H17ClN2O2. The Kier molecular flexibility index (Phi) is 4.38. The average molecular weight is 305 g/mol. The average Bonchev–Trinajstić information content (AvgIpc) is 2.47. The van der Waals surface area contributed by atoms with E-state index in [0.29, 0.717) is 10.8 Å². The van der Waals surface area contributed by atoms with Crippen molar-refractivity contribution < 1.29 is 9.53 Å². The first-order chi connectivity index (χ1) is 9.95. The molecule has 0 heterocycles. The third-order valence-corrected chi connectivity index (χ3v) is 3.63. The molecule has 0 spiro atoms. The second-order valence-corrected chi connectivity index (χ2v) is 5.29. The van der Waals surface area contributed by atoms with E-state index in [4.69, 9.17) is 22.1 Å². The van der Waals surface area contributed by atoms with Crippen LogP contribution in [0.5, 0.6) is 5.75 Å². The van der Waals surface area contributed by atoms with Crippen LogP contribution in [-0.4, -0.2) is 13.0 Å². The van der Waals surface area contributed by atoms with E-state index in [1.54, 1.807) is 44.4 Å². The Hall–Kier alpha value is -2.20. The smallest absolute Gasteiger partial charge is 0.247 e. The topological polar surface area (TPSA) is 64.3 Å². The molecule has 2 rings (SSSR count). The third-order valence-electron chi connectivity index (χ3n) is 3.38. The van der Waals surface area contributed by atoms with E-state index in [1.165, 1.54) is 0 Å². The highest BCUT2D eigenvalue weighted by atomic mass is 35.5. The lowest BCUT2D eigenvalue weighted by Gasteiger charge is -2.29. The predicted molar refractivity (Wildman–Crippen MR) is 84.6 cm³/mol. The van der Waals surface area contributed by atoms with Gasteiger partial charge in [-0.1, -0.05) is 29.8 Å². The van der Waals surface area contributed by atoms with Gasteiger partial charge < -0.3 is 15.8 Å². The monoisotopic (exact) mass is 304 g/mol. The Morgan fingerprint density at radius 2 is 1.90 bits per heavy atom. The maximum absolute atomic E-state index is 12.0. The molecule has 0 saturated carbocycles. The van der Waals surface area contributed by atoms with E-state index in [2.05, 4.69) is 5.32 Å². The molecule has 0 fully saturated rings. The van der Waals surface area contributed by atoms with Crippen LogP contribution in [0.4, 0.5) is 5.69 Å². The number of anilines is 1. The molecule has 0 saturated heterocycles. The van der Waals surface area contributed by atoms with Crippen LogP contribution < -0.4 is 15.8 Å². The van der Waals surface area contributed by atoms with Crippen LogP contribution in [0, 0.1) is 0 Å². The van der Waals surface area contributed by atoms with E-state index in [9.17, 15) is 4.79 Å². The fourth-order valence-electron chi connectivity index (χ4n) is 2.05. The number of amides is 1. The zero-order valence-corrected chi connectivity index (χ0v) is 12.6. The number of halogens is 1. The van der Waals surface area contributed by atoms with Crippen molar-refractivity contribution >= 4 is 23.2 Å². The standard InChI is InChI=1S/C16H17ClN2O2/c1-16(15(18)20,11-6-8-12(17)9-7-11)19-13-4-3-5-14(10-13)21-2/h3-10,19H,1-2H3,(H2,18,20). The van der Waals surface area contributed by atoms with Crippen LogP contribution >= 0.6 is 11.6 Å². The van der Waals surface area contributed by atoms with Crippen LogP contribution in [-0.2, 0) is 10.3 Å². The quantitative estimate of drug-likeness (QED) is 0.892. The molecular weight excluding hydrogens is 288 g/mol. The van der Waals surface area contributed by atoms with Crippen molar-refractivity contribution in [2.75, 3.05) is 12.4 Å². The number of primary amides is 1. The number of benzene rings is 2. The number of nitrogens with one attached hydrogen (secondary N) is 1. The fraction of sp³-hybridized carbons (Fsp3) is 0.188. The molecule has 0 aromatic heterocycles. The lowest BCUT2D eigenvalue weighted by Crippen LogP contribution is -2.45. The van der Waals surface area contributed by atoms with Gasteiger partial charge in [-0.15, -0.1) is 0 Å². The second-order valence-electron chi connectivity index (χ2n) is 4.85. The number of carbonyl (C=O) groups is 1. The van der Waals surface area contributed by atoms with E-state index < -0.39 is 11.4 Å². The summed E-state index contributed by atoms with van der Waals surface area (Å²) < 4.78 is 5.18. The summed E-state index contributed by atoms with van der Waals surface area (Å²) >= 11 is 5.89. The van der Waals surface area contributed by atoms with Crippen LogP contribution in [0.1, 0.15) is 12.5 Å². The number of carbonyl (C=O) groups excluding carboxylic acids is 1. The van der Waals surface area contributed by atoms with Crippen molar-refractivity contribution in [2.45, 2.75) is 12.5 Å². The summed E-state index contributed by atoms with van der Waals surface area (Å²) in [5.74, 6) is 0.218. The van der Waals surface area contributed by atoms with E-state index >= 15 is 0 Å². The highest BCUT2D eigenvalue weighted by molar-refractivity contribution is 6.30. The van der Waals surface area contributed by atoms with Gasteiger partial charge in [0.2, 0.25) is 5.91 Å². The molecule has 2 aromatic rings. The van der Waals surface area contributed by atoms with Crippen molar-refractivity contribution in [3.8, 4) is 5.75 Å². The van der Waals surface area contributed by atoms with Gasteiger partial charge in [0.15, 0.2) is 0 Å². The largest absolute Gasteiger partial charge is 0.497 e. The summed E-state index contributed by atoms with van der Waals surface area (Å²) in [7, 11) is 1.59. The number of nitrogens with two attached hydrogens (primary N) is 1. The SMILES string of the molecule is COc1cccc(NC(C)(C(N)=O)c2ccc(Cl)cc2)c1. The fourth-order valence-corrected chi connectivity index (χ4v) is 2.17. The van der Waals surface area contributed by atoms with Crippen molar-refractivity contribution in [2.24, 2.45) is 5.73 Å². The molecule has 2 aromatic carbocycles. The van der Waals surface area contributed by atoms with Crippen molar-refractivity contribution in [3.63, 3.8) is 0 Å². The predicted octanol–water partition coefficient (Wildman–Crippen LogP) is 3.16. The molecule has 5 heteroatoms. The maximum atomic E-state index is 12.0. The van der Waals surface area contributed by atoms with Crippen LogP contribution in [0.25, 0.3) is 0 Å². The summed E-state index contributed by atoms with van der Waals surface area (Å²) in [5, 5.41) is 3.77. The summed E-state index contributed by atoms with van der Waals surface area (Å²) in [6.45, 7) is 1.73. The zero-order valence-electron chi connectivity index (χ0n) is 11.9. The Morgan fingerprint density at radius 1 is 1.24 bits per heavy atom. The number of rotatable bonds is 5. The molecule has 0 aliphatic rings. The minimum Gasteiger partial charge on any atom is -0.497 e. The Labute approximate surface area is 128 Å². The molecule has 110 valence electrons. The molecule has 0 aliphatic heterocycles. The van der Waals surface area contributed by atoms with Gasteiger partial charge >= 0.3 is 0 Å². The van der Waals surface area contributed by atoms with E-state index in [-0.39, 0.29) is 0 Å². The summed E-state index contributed by atoms with van der Waals surface area (Å²) in [4.78, 5) is 12.0. The molecule has 3 N–H and O–H groups in total. The van der Waals surface area contributed by atoms with E-state index in [1.807, 2.05) is 18.2 Å². The molecule has 1 atom stereocenters. The lowest BCUT2D eigenvalue weighted by molar-refractivity contribution is -0.122. The number of hydrogen-bond acceptors (Lipinski definition) is 3. The molecule has 4 nitrogen and oxygen atoms in total. The number of hydrogen-bond donors (Lipinski definition) is 2. The maximum Gasteiger partial charge on any atom is 0.247 e. The Bertz CT molecular complexity index is 643.